The van der Waals surface area contributed by atoms with Gasteiger partial charge in [0.25, 0.3) is 0 Å². The highest BCUT2D eigenvalue weighted by molar-refractivity contribution is 7.99. The van der Waals surface area contributed by atoms with E-state index in [2.05, 4.69) is 10.1 Å². The molecule has 1 aromatic heterocycles. The number of hydrogen-bond donors (Lipinski definition) is 0. The maximum atomic E-state index is 13.5. The Hall–Kier alpha value is -1.87. The fourth-order valence-electron chi connectivity index (χ4n) is 1.13. The molecule has 2 aromatic rings. The summed E-state index contributed by atoms with van der Waals surface area (Å²) in [4.78, 5) is 4.40. The van der Waals surface area contributed by atoms with Crippen LogP contribution >= 0.6 is 11.8 Å². The molecule has 0 aliphatic heterocycles. The molecule has 0 atom stereocenters. The molecular weight excluding hydrogens is 227 g/mol. The summed E-state index contributed by atoms with van der Waals surface area (Å²) in [5.41, 5.74) is 0.305. The van der Waals surface area contributed by atoms with Gasteiger partial charge in [-0.1, -0.05) is 0 Å². The third-order valence-electron chi connectivity index (χ3n) is 1.93. The molecule has 0 aliphatic carbocycles. The minimum atomic E-state index is -0.424. The van der Waals surface area contributed by atoms with Crippen LogP contribution in [-0.2, 0) is 7.05 Å². The lowest BCUT2D eigenvalue weighted by Crippen LogP contribution is -1.93. The van der Waals surface area contributed by atoms with Crippen molar-refractivity contribution in [3.05, 3.63) is 35.9 Å². The Bertz CT molecular complexity index is 558. The SMILES string of the molecule is Cn1ncnc1Sc1ccc(C#N)cc1F. The zero-order valence-electron chi connectivity index (χ0n) is 8.38. The second kappa shape index (κ2) is 4.33. The third-order valence-corrected chi connectivity index (χ3v) is 3.04. The van der Waals surface area contributed by atoms with E-state index in [4.69, 9.17) is 5.26 Å². The first-order valence-electron chi connectivity index (χ1n) is 4.42. The highest BCUT2D eigenvalue weighted by Gasteiger charge is 2.08. The van der Waals surface area contributed by atoms with Gasteiger partial charge < -0.3 is 0 Å². The van der Waals surface area contributed by atoms with Crippen molar-refractivity contribution in [1.29, 1.82) is 5.26 Å². The van der Waals surface area contributed by atoms with E-state index in [1.165, 1.54) is 24.2 Å². The van der Waals surface area contributed by atoms with E-state index in [1.807, 2.05) is 6.07 Å². The lowest BCUT2D eigenvalue weighted by Gasteiger charge is -2.01. The van der Waals surface area contributed by atoms with Gasteiger partial charge in [-0.05, 0) is 30.0 Å². The van der Waals surface area contributed by atoms with Gasteiger partial charge in [0.1, 0.15) is 12.1 Å². The first-order chi connectivity index (χ1) is 7.70. The van der Waals surface area contributed by atoms with Crippen molar-refractivity contribution < 1.29 is 4.39 Å². The Morgan fingerprint density at radius 3 is 2.88 bits per heavy atom. The van der Waals surface area contributed by atoms with Crippen molar-refractivity contribution in [2.24, 2.45) is 7.05 Å². The van der Waals surface area contributed by atoms with E-state index >= 15 is 0 Å². The summed E-state index contributed by atoms with van der Waals surface area (Å²) >= 11 is 1.17. The normalized spacial score (nSPS) is 10.1. The molecule has 1 heterocycles. The van der Waals surface area contributed by atoms with Gasteiger partial charge in [0.05, 0.1) is 16.5 Å². The lowest BCUT2D eigenvalue weighted by atomic mass is 10.2. The van der Waals surface area contributed by atoms with Crippen LogP contribution in [0, 0.1) is 17.1 Å². The largest absolute Gasteiger partial charge is 0.244 e. The maximum absolute atomic E-state index is 13.5. The first-order valence-corrected chi connectivity index (χ1v) is 5.24. The zero-order valence-corrected chi connectivity index (χ0v) is 9.20. The number of rotatable bonds is 2. The second-order valence-corrected chi connectivity index (χ2v) is 4.03. The first kappa shape index (κ1) is 10.6. The highest BCUT2D eigenvalue weighted by Crippen LogP contribution is 2.27. The molecular formula is C10H7FN4S. The quantitative estimate of drug-likeness (QED) is 0.797. The Morgan fingerprint density at radius 2 is 2.31 bits per heavy atom. The molecule has 0 saturated carbocycles. The standard InChI is InChI=1S/C10H7FN4S/c1-15-10(13-6-14-15)16-9-3-2-7(5-12)4-8(9)11/h2-4,6H,1H3. The van der Waals surface area contributed by atoms with Crippen LogP contribution in [0.5, 0.6) is 0 Å². The van der Waals surface area contributed by atoms with Gasteiger partial charge in [-0.2, -0.15) is 10.4 Å². The minimum absolute atomic E-state index is 0.305. The predicted molar refractivity (Wildman–Crippen MR) is 56.2 cm³/mol. The van der Waals surface area contributed by atoms with Crippen LogP contribution in [0.15, 0.2) is 34.6 Å². The average molecular weight is 234 g/mol. The fraction of sp³-hybridized carbons (Fsp3) is 0.100. The number of nitrogens with zero attached hydrogens (tertiary/aromatic N) is 4. The van der Waals surface area contributed by atoms with Gasteiger partial charge in [-0.3, -0.25) is 0 Å². The lowest BCUT2D eigenvalue weighted by molar-refractivity contribution is 0.600. The average Bonchev–Trinajstić information content (AvgIpc) is 2.67. The summed E-state index contributed by atoms with van der Waals surface area (Å²) in [6.45, 7) is 0. The molecule has 0 unspecified atom stereocenters. The van der Waals surface area contributed by atoms with Gasteiger partial charge >= 0.3 is 0 Å². The van der Waals surface area contributed by atoms with Crippen molar-refractivity contribution in [3.8, 4) is 6.07 Å². The van der Waals surface area contributed by atoms with Crippen molar-refractivity contribution in [3.63, 3.8) is 0 Å². The summed E-state index contributed by atoms with van der Waals surface area (Å²) in [6.07, 6.45) is 1.41. The monoisotopic (exact) mass is 234 g/mol. The number of aryl methyl sites for hydroxylation is 1. The molecule has 0 bridgehead atoms. The maximum Gasteiger partial charge on any atom is 0.190 e. The van der Waals surface area contributed by atoms with Crippen molar-refractivity contribution in [1.82, 2.24) is 14.8 Å². The van der Waals surface area contributed by atoms with Crippen LogP contribution in [0.1, 0.15) is 5.56 Å². The Kier molecular flexibility index (Phi) is 2.88. The highest BCUT2D eigenvalue weighted by atomic mass is 32.2. The molecule has 0 saturated heterocycles. The number of nitriles is 1. The van der Waals surface area contributed by atoms with Crippen LogP contribution in [-0.4, -0.2) is 14.8 Å². The van der Waals surface area contributed by atoms with Crippen LogP contribution in [0.2, 0.25) is 0 Å². The Morgan fingerprint density at radius 1 is 1.50 bits per heavy atom. The Labute approximate surface area is 95.7 Å². The Balaban J connectivity index is 2.30. The molecule has 0 fully saturated rings. The molecule has 0 amide bonds. The van der Waals surface area contributed by atoms with E-state index in [9.17, 15) is 4.39 Å². The smallest absolute Gasteiger partial charge is 0.190 e. The van der Waals surface area contributed by atoms with E-state index < -0.39 is 5.82 Å². The van der Waals surface area contributed by atoms with Crippen LogP contribution in [0.25, 0.3) is 0 Å². The molecule has 2 rings (SSSR count). The van der Waals surface area contributed by atoms with Crippen LogP contribution in [0.4, 0.5) is 4.39 Å². The summed E-state index contributed by atoms with van der Waals surface area (Å²) in [5, 5.41) is 13.1. The molecule has 0 aliphatic rings. The van der Waals surface area contributed by atoms with Gasteiger partial charge in [-0.25, -0.2) is 14.1 Å². The molecule has 80 valence electrons. The van der Waals surface area contributed by atoms with Crippen LogP contribution < -0.4 is 0 Å². The molecule has 16 heavy (non-hydrogen) atoms. The zero-order chi connectivity index (χ0) is 11.5. The van der Waals surface area contributed by atoms with E-state index in [0.29, 0.717) is 15.6 Å². The summed E-state index contributed by atoms with van der Waals surface area (Å²) in [7, 11) is 1.73. The topological polar surface area (TPSA) is 54.5 Å². The van der Waals surface area contributed by atoms with E-state index in [-0.39, 0.29) is 0 Å². The molecule has 0 spiro atoms. The predicted octanol–water partition coefficient (Wildman–Crippen LogP) is 1.98. The van der Waals surface area contributed by atoms with Crippen molar-refractivity contribution in [2.75, 3.05) is 0 Å². The molecule has 0 N–H and O–H groups in total. The van der Waals surface area contributed by atoms with Crippen molar-refractivity contribution >= 4 is 11.8 Å². The van der Waals surface area contributed by atoms with Gasteiger partial charge in [0.2, 0.25) is 0 Å². The number of halogens is 1. The summed E-state index contributed by atoms with van der Waals surface area (Å²) in [5.74, 6) is -0.424. The fourth-order valence-corrected chi connectivity index (χ4v) is 1.90. The van der Waals surface area contributed by atoms with Gasteiger partial charge in [0.15, 0.2) is 5.16 Å². The minimum Gasteiger partial charge on any atom is -0.244 e. The van der Waals surface area contributed by atoms with Gasteiger partial charge in [-0.15, -0.1) is 0 Å². The number of benzene rings is 1. The van der Waals surface area contributed by atoms with Crippen molar-refractivity contribution in [2.45, 2.75) is 10.1 Å². The second-order valence-electron chi connectivity index (χ2n) is 3.03. The molecule has 1 aromatic carbocycles. The molecule has 6 heteroatoms. The number of aromatic nitrogens is 3. The third kappa shape index (κ3) is 2.04. The molecule has 0 radical (unpaired) electrons. The van der Waals surface area contributed by atoms with E-state index in [1.54, 1.807) is 23.9 Å². The van der Waals surface area contributed by atoms with Crippen LogP contribution in [0.3, 0.4) is 0 Å². The summed E-state index contributed by atoms with van der Waals surface area (Å²) < 4.78 is 15.1. The number of hydrogen-bond acceptors (Lipinski definition) is 4. The molecule has 4 nitrogen and oxygen atoms in total. The summed E-state index contributed by atoms with van der Waals surface area (Å²) in [6, 6.07) is 6.22. The van der Waals surface area contributed by atoms with E-state index in [0.717, 1.165) is 0 Å². The van der Waals surface area contributed by atoms with Gasteiger partial charge in [0, 0.05) is 7.05 Å².